The van der Waals surface area contributed by atoms with Crippen molar-refractivity contribution in [2.45, 2.75) is 25.9 Å². The minimum atomic E-state index is 0.519. The Bertz CT molecular complexity index is 333. The number of hydrogen-bond acceptors (Lipinski definition) is 2. The molecule has 0 saturated carbocycles. The van der Waals surface area contributed by atoms with Gasteiger partial charge >= 0.3 is 0 Å². The lowest BCUT2D eigenvalue weighted by Gasteiger charge is -2.33. The monoisotopic (exact) mass is 190 g/mol. The molecule has 76 valence electrons. The Balaban J connectivity index is 2.30. The van der Waals surface area contributed by atoms with E-state index in [0.29, 0.717) is 6.04 Å². The summed E-state index contributed by atoms with van der Waals surface area (Å²) in [6.07, 6.45) is 1.10. The highest BCUT2D eigenvalue weighted by Gasteiger charge is 2.21. The largest absolute Gasteiger partial charge is 0.329 e. The quantitative estimate of drug-likeness (QED) is 0.723. The van der Waals surface area contributed by atoms with Crippen molar-refractivity contribution in [3.05, 3.63) is 34.9 Å². The van der Waals surface area contributed by atoms with Gasteiger partial charge in [-0.1, -0.05) is 23.8 Å². The Hall–Kier alpha value is -0.860. The maximum absolute atomic E-state index is 5.74. The van der Waals surface area contributed by atoms with Crippen LogP contribution in [0.15, 0.2) is 18.2 Å². The van der Waals surface area contributed by atoms with Gasteiger partial charge in [0.15, 0.2) is 0 Å². The molecule has 1 aromatic carbocycles. The van der Waals surface area contributed by atoms with Crippen LogP contribution in [0.3, 0.4) is 0 Å². The minimum Gasteiger partial charge on any atom is -0.329 e. The summed E-state index contributed by atoms with van der Waals surface area (Å²) in [5, 5.41) is 0. The standard InChI is InChI=1S/C12H18N2/c1-9-3-4-10-6-12(7-13)14(2)8-11(10)5-9/h3-5,12H,6-8,13H2,1-2H3. The van der Waals surface area contributed by atoms with E-state index in [9.17, 15) is 0 Å². The minimum absolute atomic E-state index is 0.519. The molecule has 0 aliphatic carbocycles. The van der Waals surface area contributed by atoms with Gasteiger partial charge in [0, 0.05) is 19.1 Å². The lowest BCUT2D eigenvalue weighted by Crippen LogP contribution is -2.42. The number of rotatable bonds is 1. The van der Waals surface area contributed by atoms with Crippen molar-refractivity contribution in [3.63, 3.8) is 0 Å². The summed E-state index contributed by atoms with van der Waals surface area (Å²) in [5.74, 6) is 0. The van der Waals surface area contributed by atoms with Crippen molar-refractivity contribution < 1.29 is 0 Å². The van der Waals surface area contributed by atoms with Gasteiger partial charge in [-0.25, -0.2) is 0 Å². The average Bonchev–Trinajstić information content (AvgIpc) is 2.16. The first kappa shape index (κ1) is 9.69. The third kappa shape index (κ3) is 1.68. The first-order valence-corrected chi connectivity index (χ1v) is 5.19. The summed E-state index contributed by atoms with van der Waals surface area (Å²) in [4.78, 5) is 2.35. The van der Waals surface area contributed by atoms with E-state index in [1.165, 1.54) is 16.7 Å². The molecule has 2 rings (SSSR count). The summed E-state index contributed by atoms with van der Waals surface area (Å²) in [6.45, 7) is 3.94. The zero-order chi connectivity index (χ0) is 10.1. The van der Waals surface area contributed by atoms with Gasteiger partial charge in [-0.15, -0.1) is 0 Å². The van der Waals surface area contributed by atoms with E-state index in [-0.39, 0.29) is 0 Å². The van der Waals surface area contributed by atoms with Crippen molar-refractivity contribution in [2.75, 3.05) is 13.6 Å². The molecule has 0 fully saturated rings. The Morgan fingerprint density at radius 1 is 1.43 bits per heavy atom. The van der Waals surface area contributed by atoms with Crippen LogP contribution in [0, 0.1) is 6.92 Å². The third-order valence-corrected chi connectivity index (χ3v) is 3.13. The van der Waals surface area contributed by atoms with Gasteiger partial charge in [0.1, 0.15) is 0 Å². The molecule has 1 aromatic rings. The Morgan fingerprint density at radius 3 is 2.93 bits per heavy atom. The lowest BCUT2D eigenvalue weighted by atomic mass is 9.93. The van der Waals surface area contributed by atoms with E-state index in [1.54, 1.807) is 0 Å². The number of benzene rings is 1. The van der Waals surface area contributed by atoms with Gasteiger partial charge in [-0.2, -0.15) is 0 Å². The fourth-order valence-corrected chi connectivity index (χ4v) is 2.17. The van der Waals surface area contributed by atoms with Gasteiger partial charge in [0.2, 0.25) is 0 Å². The fourth-order valence-electron chi connectivity index (χ4n) is 2.17. The molecule has 0 aromatic heterocycles. The van der Waals surface area contributed by atoms with E-state index in [4.69, 9.17) is 5.73 Å². The Morgan fingerprint density at radius 2 is 2.21 bits per heavy atom. The van der Waals surface area contributed by atoms with Crippen molar-refractivity contribution in [3.8, 4) is 0 Å². The summed E-state index contributed by atoms with van der Waals surface area (Å²) >= 11 is 0. The molecule has 1 unspecified atom stereocenters. The SMILES string of the molecule is Cc1ccc2c(c1)CN(C)C(CN)C2. The first-order chi connectivity index (χ1) is 6.70. The van der Waals surface area contributed by atoms with Gasteiger partial charge < -0.3 is 5.73 Å². The second-order valence-electron chi connectivity index (χ2n) is 4.28. The van der Waals surface area contributed by atoms with Crippen LogP contribution in [0.2, 0.25) is 0 Å². The molecule has 1 aliphatic heterocycles. The van der Waals surface area contributed by atoms with E-state index < -0.39 is 0 Å². The van der Waals surface area contributed by atoms with Crippen LogP contribution in [-0.4, -0.2) is 24.5 Å². The van der Waals surface area contributed by atoms with Gasteiger partial charge in [0.25, 0.3) is 0 Å². The molecular formula is C12H18N2. The van der Waals surface area contributed by atoms with Crippen LogP contribution in [-0.2, 0) is 13.0 Å². The molecule has 2 nitrogen and oxygen atoms in total. The van der Waals surface area contributed by atoms with Crippen molar-refractivity contribution in [1.29, 1.82) is 0 Å². The van der Waals surface area contributed by atoms with Crippen molar-refractivity contribution in [2.24, 2.45) is 5.73 Å². The Labute approximate surface area is 85.7 Å². The second kappa shape index (κ2) is 3.71. The highest BCUT2D eigenvalue weighted by Crippen LogP contribution is 2.22. The summed E-state index contributed by atoms with van der Waals surface area (Å²) in [5.41, 5.74) is 10.0. The predicted molar refractivity (Wildman–Crippen MR) is 59.2 cm³/mol. The molecule has 2 N–H and O–H groups in total. The van der Waals surface area contributed by atoms with Crippen molar-refractivity contribution in [1.82, 2.24) is 4.90 Å². The number of nitrogens with zero attached hydrogens (tertiary/aromatic N) is 1. The maximum Gasteiger partial charge on any atom is 0.0259 e. The van der Waals surface area contributed by atoms with Gasteiger partial charge in [-0.05, 0) is 31.5 Å². The predicted octanol–water partition coefficient (Wildman–Crippen LogP) is 1.31. The zero-order valence-electron chi connectivity index (χ0n) is 8.96. The molecule has 0 spiro atoms. The van der Waals surface area contributed by atoms with Crippen LogP contribution in [0.1, 0.15) is 16.7 Å². The smallest absolute Gasteiger partial charge is 0.0259 e. The number of hydrogen-bond donors (Lipinski definition) is 1. The van der Waals surface area contributed by atoms with E-state index in [2.05, 4.69) is 37.1 Å². The second-order valence-corrected chi connectivity index (χ2v) is 4.28. The van der Waals surface area contributed by atoms with E-state index in [0.717, 1.165) is 19.5 Å². The number of nitrogens with two attached hydrogens (primary N) is 1. The lowest BCUT2D eigenvalue weighted by molar-refractivity contribution is 0.220. The summed E-state index contributed by atoms with van der Waals surface area (Å²) in [7, 11) is 2.16. The number of likely N-dealkylation sites (N-methyl/N-ethyl adjacent to an activating group) is 1. The maximum atomic E-state index is 5.74. The first-order valence-electron chi connectivity index (χ1n) is 5.19. The van der Waals surface area contributed by atoms with Crippen LogP contribution in [0.25, 0.3) is 0 Å². The molecule has 14 heavy (non-hydrogen) atoms. The topological polar surface area (TPSA) is 29.3 Å². The molecule has 0 saturated heterocycles. The molecule has 0 amide bonds. The third-order valence-electron chi connectivity index (χ3n) is 3.13. The van der Waals surface area contributed by atoms with Crippen LogP contribution in [0.4, 0.5) is 0 Å². The van der Waals surface area contributed by atoms with E-state index in [1.807, 2.05) is 0 Å². The number of fused-ring (bicyclic) bond motifs is 1. The average molecular weight is 190 g/mol. The fraction of sp³-hybridized carbons (Fsp3) is 0.500. The summed E-state index contributed by atoms with van der Waals surface area (Å²) in [6, 6.07) is 7.25. The zero-order valence-corrected chi connectivity index (χ0v) is 8.96. The van der Waals surface area contributed by atoms with Crippen molar-refractivity contribution >= 4 is 0 Å². The van der Waals surface area contributed by atoms with Crippen LogP contribution < -0.4 is 5.73 Å². The molecule has 1 heterocycles. The molecule has 1 atom stereocenters. The molecule has 1 aliphatic rings. The normalized spacial score (nSPS) is 22.1. The van der Waals surface area contributed by atoms with Crippen LogP contribution in [0.5, 0.6) is 0 Å². The van der Waals surface area contributed by atoms with Gasteiger partial charge in [0.05, 0.1) is 0 Å². The van der Waals surface area contributed by atoms with Crippen LogP contribution >= 0.6 is 0 Å². The number of aryl methyl sites for hydroxylation is 1. The molecule has 0 bridgehead atoms. The highest BCUT2D eigenvalue weighted by atomic mass is 15.1. The molecular weight excluding hydrogens is 172 g/mol. The van der Waals surface area contributed by atoms with E-state index >= 15 is 0 Å². The molecule has 0 radical (unpaired) electrons. The highest BCUT2D eigenvalue weighted by molar-refractivity contribution is 5.33. The summed E-state index contributed by atoms with van der Waals surface area (Å²) < 4.78 is 0. The molecule has 2 heteroatoms. The Kier molecular flexibility index (Phi) is 2.57. The van der Waals surface area contributed by atoms with Gasteiger partial charge in [-0.3, -0.25) is 4.90 Å².